The number of para-hydroxylation sites is 2. The number of anilines is 2. The normalized spacial score (nSPS) is 10.7. The Morgan fingerprint density at radius 2 is 1.30 bits per heavy atom. The topological polar surface area (TPSA) is 114 Å². The average molecular weight is 363 g/mol. The Balaban J connectivity index is 2.03. The molecule has 0 N–H and O–H groups in total. The molecule has 0 saturated heterocycles. The van der Waals surface area contributed by atoms with Crippen molar-refractivity contribution < 1.29 is 9.85 Å². The second-order valence-electron chi connectivity index (χ2n) is 5.36. The number of nitrogens with zero attached hydrogens (tertiary/aromatic N) is 5. The van der Waals surface area contributed by atoms with E-state index in [-0.39, 0.29) is 11.4 Å². The maximum Gasteiger partial charge on any atom is 0.303 e. The van der Waals surface area contributed by atoms with Crippen LogP contribution in [0.1, 0.15) is 0 Å². The number of nitro benzene ring substituents is 2. The standard InChI is InChI=1S/C18H13N5O4/c24-22(25)16-11-12-17(18(13-16)23(26)27)19-20-21(14-7-3-1-4-8-14)15-9-5-2-6-10-15/h1-13H. The number of hydrogen-bond donors (Lipinski definition) is 0. The number of non-ortho nitro benzene ring substituents is 1. The van der Waals surface area contributed by atoms with Gasteiger partial charge in [0.25, 0.3) is 5.69 Å². The third-order valence-electron chi connectivity index (χ3n) is 3.61. The summed E-state index contributed by atoms with van der Waals surface area (Å²) in [6.45, 7) is 0. The molecular weight excluding hydrogens is 350 g/mol. The van der Waals surface area contributed by atoms with Gasteiger partial charge < -0.3 is 0 Å². The van der Waals surface area contributed by atoms with E-state index >= 15 is 0 Å². The first-order valence-electron chi connectivity index (χ1n) is 7.81. The molecule has 0 unspecified atom stereocenters. The average Bonchev–Trinajstić information content (AvgIpc) is 2.69. The Morgan fingerprint density at radius 3 is 1.78 bits per heavy atom. The zero-order valence-electron chi connectivity index (χ0n) is 13.9. The highest BCUT2D eigenvalue weighted by Crippen LogP contribution is 2.33. The van der Waals surface area contributed by atoms with Gasteiger partial charge in [-0.05, 0) is 30.3 Å². The SMILES string of the molecule is O=[N+]([O-])c1ccc(N=NN(c2ccccc2)c2ccccc2)c([N+](=O)[O-])c1. The van der Waals surface area contributed by atoms with Crippen molar-refractivity contribution in [2.75, 3.05) is 5.01 Å². The molecule has 0 amide bonds. The van der Waals surface area contributed by atoms with Crippen molar-refractivity contribution in [1.82, 2.24) is 0 Å². The summed E-state index contributed by atoms with van der Waals surface area (Å²) >= 11 is 0. The molecule has 0 aliphatic carbocycles. The van der Waals surface area contributed by atoms with Crippen molar-refractivity contribution in [3.63, 3.8) is 0 Å². The van der Waals surface area contributed by atoms with Crippen LogP contribution in [0.15, 0.2) is 89.2 Å². The Labute approximate surface area is 153 Å². The van der Waals surface area contributed by atoms with Crippen LogP contribution in [0.3, 0.4) is 0 Å². The lowest BCUT2D eigenvalue weighted by Gasteiger charge is -2.17. The first kappa shape index (κ1) is 17.7. The van der Waals surface area contributed by atoms with E-state index in [9.17, 15) is 20.2 Å². The Hall–Kier alpha value is -4.14. The lowest BCUT2D eigenvalue weighted by Crippen LogP contribution is -2.07. The summed E-state index contributed by atoms with van der Waals surface area (Å²) in [5.41, 5.74) is 0.453. The van der Waals surface area contributed by atoms with Gasteiger partial charge in [0.2, 0.25) is 0 Å². The predicted molar refractivity (Wildman–Crippen MR) is 99.3 cm³/mol. The molecule has 0 heterocycles. The zero-order chi connectivity index (χ0) is 19.2. The molecule has 0 saturated carbocycles. The molecular formula is C18H13N5O4. The van der Waals surface area contributed by atoms with E-state index in [1.54, 1.807) is 0 Å². The van der Waals surface area contributed by atoms with Gasteiger partial charge in [-0.1, -0.05) is 41.6 Å². The minimum Gasteiger partial charge on any atom is -0.258 e. The van der Waals surface area contributed by atoms with Gasteiger partial charge in [0.15, 0.2) is 5.69 Å². The first-order valence-corrected chi connectivity index (χ1v) is 7.81. The number of hydrogen-bond acceptors (Lipinski definition) is 6. The van der Waals surface area contributed by atoms with Crippen LogP contribution in [-0.2, 0) is 0 Å². The van der Waals surface area contributed by atoms with Gasteiger partial charge in [-0.3, -0.25) is 20.2 Å². The minimum absolute atomic E-state index is 0.0811. The molecule has 0 spiro atoms. The lowest BCUT2D eigenvalue weighted by atomic mass is 10.2. The minimum atomic E-state index is -0.725. The molecule has 27 heavy (non-hydrogen) atoms. The smallest absolute Gasteiger partial charge is 0.258 e. The highest BCUT2D eigenvalue weighted by Gasteiger charge is 2.20. The van der Waals surface area contributed by atoms with Gasteiger partial charge in [-0.25, -0.2) is 5.01 Å². The van der Waals surface area contributed by atoms with Gasteiger partial charge in [0.05, 0.1) is 27.3 Å². The van der Waals surface area contributed by atoms with Crippen LogP contribution >= 0.6 is 0 Å². The summed E-state index contributed by atoms with van der Waals surface area (Å²) in [6, 6.07) is 21.5. The molecule has 9 heteroatoms. The molecule has 0 fully saturated rings. The molecule has 9 nitrogen and oxygen atoms in total. The Kier molecular flexibility index (Phi) is 5.12. The number of rotatable bonds is 6. The fourth-order valence-electron chi connectivity index (χ4n) is 2.34. The fraction of sp³-hybridized carbons (Fsp3) is 0. The number of nitro groups is 2. The van der Waals surface area contributed by atoms with Gasteiger partial charge in [-0.15, -0.1) is 5.11 Å². The monoisotopic (exact) mass is 363 g/mol. The Morgan fingerprint density at radius 1 is 0.741 bits per heavy atom. The maximum absolute atomic E-state index is 11.2. The first-order chi connectivity index (χ1) is 13.1. The van der Waals surface area contributed by atoms with E-state index in [4.69, 9.17) is 0 Å². The Bertz CT molecular complexity index is 954. The molecule has 0 atom stereocenters. The van der Waals surface area contributed by atoms with E-state index < -0.39 is 15.5 Å². The highest BCUT2D eigenvalue weighted by molar-refractivity contribution is 5.63. The van der Waals surface area contributed by atoms with E-state index in [1.807, 2.05) is 60.7 Å². The summed E-state index contributed by atoms with van der Waals surface area (Å²) in [7, 11) is 0. The summed E-state index contributed by atoms with van der Waals surface area (Å²) < 4.78 is 0. The quantitative estimate of drug-likeness (QED) is 0.333. The van der Waals surface area contributed by atoms with Crippen LogP contribution < -0.4 is 5.01 Å². The van der Waals surface area contributed by atoms with Crippen molar-refractivity contribution >= 4 is 28.4 Å². The molecule has 3 aromatic rings. The summed E-state index contributed by atoms with van der Waals surface area (Å²) in [6.07, 6.45) is 0. The highest BCUT2D eigenvalue weighted by atomic mass is 16.6. The summed E-state index contributed by atoms with van der Waals surface area (Å²) in [5.74, 6) is 0. The van der Waals surface area contributed by atoms with E-state index in [2.05, 4.69) is 10.3 Å². The van der Waals surface area contributed by atoms with Gasteiger partial charge in [-0.2, -0.15) is 0 Å². The van der Waals surface area contributed by atoms with E-state index in [0.29, 0.717) is 11.4 Å². The van der Waals surface area contributed by atoms with Crippen molar-refractivity contribution in [3.05, 3.63) is 99.1 Å². The van der Waals surface area contributed by atoms with E-state index in [1.165, 1.54) is 11.1 Å². The van der Waals surface area contributed by atoms with Crippen molar-refractivity contribution in [3.8, 4) is 0 Å². The van der Waals surface area contributed by atoms with Crippen LogP contribution in [0.2, 0.25) is 0 Å². The van der Waals surface area contributed by atoms with Crippen molar-refractivity contribution in [2.45, 2.75) is 0 Å². The molecule has 134 valence electrons. The number of benzene rings is 3. The molecule has 0 aliphatic heterocycles. The van der Waals surface area contributed by atoms with Crippen LogP contribution in [0, 0.1) is 20.2 Å². The fourth-order valence-corrected chi connectivity index (χ4v) is 2.34. The van der Waals surface area contributed by atoms with Gasteiger partial charge >= 0.3 is 5.69 Å². The van der Waals surface area contributed by atoms with Crippen molar-refractivity contribution in [2.24, 2.45) is 10.3 Å². The molecule has 0 bridgehead atoms. The molecule has 3 aromatic carbocycles. The van der Waals surface area contributed by atoms with Gasteiger partial charge in [0.1, 0.15) is 0 Å². The maximum atomic E-state index is 11.2. The van der Waals surface area contributed by atoms with Crippen LogP contribution in [0.25, 0.3) is 0 Å². The van der Waals surface area contributed by atoms with Crippen LogP contribution in [0.4, 0.5) is 28.4 Å². The van der Waals surface area contributed by atoms with E-state index in [0.717, 1.165) is 12.1 Å². The van der Waals surface area contributed by atoms with Gasteiger partial charge in [0, 0.05) is 6.07 Å². The second-order valence-corrected chi connectivity index (χ2v) is 5.36. The van der Waals surface area contributed by atoms with Crippen LogP contribution in [-0.4, -0.2) is 9.85 Å². The predicted octanol–water partition coefficient (Wildman–Crippen LogP) is 5.34. The molecule has 3 rings (SSSR count). The zero-order valence-corrected chi connectivity index (χ0v) is 13.9. The molecule has 0 aromatic heterocycles. The third kappa shape index (κ3) is 4.10. The molecule has 0 radical (unpaired) electrons. The third-order valence-corrected chi connectivity index (χ3v) is 3.61. The second kappa shape index (κ2) is 7.83. The largest absolute Gasteiger partial charge is 0.303 e. The van der Waals surface area contributed by atoms with Crippen LogP contribution in [0.5, 0.6) is 0 Å². The summed E-state index contributed by atoms with van der Waals surface area (Å²) in [5, 5.41) is 31.7. The van der Waals surface area contributed by atoms with Crippen molar-refractivity contribution in [1.29, 1.82) is 0 Å². The lowest BCUT2D eigenvalue weighted by molar-refractivity contribution is -0.393. The summed E-state index contributed by atoms with van der Waals surface area (Å²) in [4.78, 5) is 20.7. The molecule has 0 aliphatic rings.